The van der Waals surface area contributed by atoms with Gasteiger partial charge in [-0.2, -0.15) is 4.98 Å². The molecule has 1 aliphatic rings. The van der Waals surface area contributed by atoms with Crippen molar-refractivity contribution in [1.29, 1.82) is 0 Å². The van der Waals surface area contributed by atoms with Gasteiger partial charge in [0.2, 0.25) is 0 Å². The molecule has 0 unspecified atom stereocenters. The van der Waals surface area contributed by atoms with Gasteiger partial charge in [-0.25, -0.2) is 0 Å². The lowest BCUT2D eigenvalue weighted by atomic mass is 9.91. The summed E-state index contributed by atoms with van der Waals surface area (Å²) < 4.78 is 5.35. The Morgan fingerprint density at radius 3 is 2.75 bits per heavy atom. The molecule has 3 nitrogen and oxygen atoms in total. The third-order valence-corrected chi connectivity index (χ3v) is 3.91. The number of benzene rings is 1. The largest absolute Gasteiger partial charge is 0.334 e. The molecule has 1 heterocycles. The van der Waals surface area contributed by atoms with E-state index in [1.165, 1.54) is 11.1 Å². The van der Waals surface area contributed by atoms with Crippen molar-refractivity contribution in [2.45, 2.75) is 32.1 Å². The first-order valence-corrected chi connectivity index (χ1v) is 6.89. The molecule has 0 radical (unpaired) electrons. The van der Waals surface area contributed by atoms with Crippen molar-refractivity contribution in [3.63, 3.8) is 0 Å². The Morgan fingerprint density at radius 2 is 2.10 bits per heavy atom. The van der Waals surface area contributed by atoms with E-state index in [0.717, 1.165) is 24.2 Å². The molecule has 0 atom stereocenters. The molecule has 1 fully saturated rings. The van der Waals surface area contributed by atoms with Gasteiger partial charge in [-0.15, -0.1) is 0 Å². The number of rotatable bonds is 4. The fourth-order valence-corrected chi connectivity index (χ4v) is 2.67. The maximum Gasteiger partial charge on any atom is 0.257 e. The Balaban J connectivity index is 1.98. The zero-order valence-electron chi connectivity index (χ0n) is 11.9. The molecule has 0 amide bonds. The minimum atomic E-state index is -0.0523. The second kappa shape index (κ2) is 4.75. The molecular weight excluding hydrogens is 248 g/mol. The first kappa shape index (κ1) is 12.9. The van der Waals surface area contributed by atoms with Crippen LogP contribution in [0.1, 0.15) is 42.6 Å². The highest BCUT2D eigenvalue weighted by Gasteiger charge is 2.50. The number of hydrogen-bond acceptors (Lipinski definition) is 3. The Kier molecular flexibility index (Phi) is 3.05. The molecule has 0 spiro atoms. The highest BCUT2D eigenvalue weighted by molar-refractivity contribution is 5.65. The topological polar surface area (TPSA) is 38.9 Å². The molecule has 0 bridgehead atoms. The third kappa shape index (κ3) is 1.99. The third-order valence-electron chi connectivity index (χ3n) is 3.91. The summed E-state index contributed by atoms with van der Waals surface area (Å²) in [5.74, 6) is 1.30. The van der Waals surface area contributed by atoms with Crippen LogP contribution in [-0.4, -0.2) is 10.1 Å². The molecular formula is C17H18N2O. The van der Waals surface area contributed by atoms with Gasteiger partial charge in [0.05, 0.1) is 5.41 Å². The van der Waals surface area contributed by atoms with E-state index in [-0.39, 0.29) is 5.41 Å². The molecule has 20 heavy (non-hydrogen) atoms. The summed E-state index contributed by atoms with van der Waals surface area (Å²) in [5.41, 5.74) is 3.29. The molecule has 3 rings (SSSR count). The molecule has 1 aromatic heterocycles. The van der Waals surface area contributed by atoms with E-state index in [1.807, 2.05) is 19.1 Å². The van der Waals surface area contributed by atoms with Gasteiger partial charge in [0.25, 0.3) is 5.89 Å². The van der Waals surface area contributed by atoms with Crippen molar-refractivity contribution in [1.82, 2.24) is 10.1 Å². The van der Waals surface area contributed by atoms with E-state index in [2.05, 4.69) is 47.9 Å². The van der Waals surface area contributed by atoms with Crippen molar-refractivity contribution < 1.29 is 4.52 Å². The van der Waals surface area contributed by atoms with Crippen molar-refractivity contribution in [3.8, 4) is 0 Å². The quantitative estimate of drug-likeness (QED) is 0.784. The Morgan fingerprint density at radius 1 is 1.35 bits per heavy atom. The first-order valence-electron chi connectivity index (χ1n) is 6.89. The molecule has 0 saturated heterocycles. The van der Waals surface area contributed by atoms with Gasteiger partial charge in [0.1, 0.15) is 0 Å². The fourth-order valence-electron chi connectivity index (χ4n) is 2.67. The molecule has 1 aromatic carbocycles. The molecule has 0 aliphatic heterocycles. The molecule has 3 heteroatoms. The Bertz CT molecular complexity index is 678. The van der Waals surface area contributed by atoms with Gasteiger partial charge in [-0.05, 0) is 37.8 Å². The van der Waals surface area contributed by atoms with Gasteiger partial charge in [0.15, 0.2) is 5.82 Å². The lowest BCUT2D eigenvalue weighted by molar-refractivity contribution is 0.397. The lowest BCUT2D eigenvalue weighted by Gasteiger charge is -2.13. The van der Waals surface area contributed by atoms with Gasteiger partial charge >= 0.3 is 0 Å². The predicted octanol–water partition coefficient (Wildman–Crippen LogP) is 4.05. The van der Waals surface area contributed by atoms with Gasteiger partial charge in [0, 0.05) is 5.57 Å². The number of allylic oxidation sites excluding steroid dienone is 3. The summed E-state index contributed by atoms with van der Waals surface area (Å²) in [5, 5.41) is 4.19. The Labute approximate surface area is 119 Å². The van der Waals surface area contributed by atoms with Crippen LogP contribution in [0.15, 0.2) is 47.5 Å². The second-order valence-electron chi connectivity index (χ2n) is 5.35. The minimum absolute atomic E-state index is 0.0523. The van der Waals surface area contributed by atoms with Crippen molar-refractivity contribution in [2.75, 3.05) is 0 Å². The predicted molar refractivity (Wildman–Crippen MR) is 79.3 cm³/mol. The van der Waals surface area contributed by atoms with E-state index in [1.54, 1.807) is 0 Å². The van der Waals surface area contributed by atoms with Crippen molar-refractivity contribution in [3.05, 3.63) is 65.8 Å². The van der Waals surface area contributed by atoms with E-state index >= 15 is 0 Å². The monoisotopic (exact) mass is 266 g/mol. The first-order chi connectivity index (χ1) is 9.67. The summed E-state index contributed by atoms with van der Waals surface area (Å²) in [6.45, 7) is 8.01. The minimum Gasteiger partial charge on any atom is -0.334 e. The van der Waals surface area contributed by atoms with Crippen LogP contribution in [0.4, 0.5) is 0 Å². The lowest BCUT2D eigenvalue weighted by Crippen LogP contribution is -2.12. The zero-order chi connectivity index (χ0) is 14.2. The average Bonchev–Trinajstić information content (AvgIpc) is 3.09. The van der Waals surface area contributed by atoms with Crippen LogP contribution < -0.4 is 0 Å². The van der Waals surface area contributed by atoms with Crippen molar-refractivity contribution in [2.24, 2.45) is 0 Å². The van der Waals surface area contributed by atoms with Crippen LogP contribution in [0.25, 0.3) is 5.57 Å². The summed E-state index contributed by atoms with van der Waals surface area (Å²) in [4.78, 5) is 4.55. The summed E-state index contributed by atoms with van der Waals surface area (Å²) in [6.07, 6.45) is 5.95. The second-order valence-corrected chi connectivity index (χ2v) is 5.35. The molecule has 1 aliphatic carbocycles. The maximum atomic E-state index is 5.35. The van der Waals surface area contributed by atoms with E-state index in [4.69, 9.17) is 4.52 Å². The Hall–Kier alpha value is -2.16. The normalized spacial score (nSPS) is 16.5. The van der Waals surface area contributed by atoms with Crippen LogP contribution in [0.3, 0.4) is 0 Å². The van der Waals surface area contributed by atoms with E-state index < -0.39 is 0 Å². The highest BCUT2D eigenvalue weighted by atomic mass is 16.5. The number of nitrogens with zero attached hydrogens (tertiary/aromatic N) is 2. The molecule has 2 aromatic rings. The zero-order valence-corrected chi connectivity index (χ0v) is 11.9. The van der Waals surface area contributed by atoms with Crippen LogP contribution in [-0.2, 0) is 5.41 Å². The molecule has 0 N–H and O–H groups in total. The van der Waals surface area contributed by atoms with E-state index in [0.29, 0.717) is 5.89 Å². The number of aromatic nitrogens is 2. The molecule has 1 saturated carbocycles. The van der Waals surface area contributed by atoms with Crippen LogP contribution in [0, 0.1) is 6.92 Å². The van der Waals surface area contributed by atoms with Crippen LogP contribution in [0.2, 0.25) is 0 Å². The summed E-state index contributed by atoms with van der Waals surface area (Å²) in [6, 6.07) is 8.43. The average molecular weight is 266 g/mol. The molecule has 102 valence electrons. The van der Waals surface area contributed by atoms with Crippen LogP contribution >= 0.6 is 0 Å². The fraction of sp³-hybridized carbons (Fsp3) is 0.294. The summed E-state index contributed by atoms with van der Waals surface area (Å²) >= 11 is 0. The number of hydrogen-bond donors (Lipinski definition) is 0. The van der Waals surface area contributed by atoms with Gasteiger partial charge < -0.3 is 4.52 Å². The highest BCUT2D eigenvalue weighted by Crippen LogP contribution is 2.53. The van der Waals surface area contributed by atoms with E-state index in [9.17, 15) is 0 Å². The standard InChI is InChI=1S/C17H18N2O/c1-4-7-13(3)15-18-16(19-20-15)17(10-11-17)14-9-6-5-8-12(14)2/h4-9H,3,10-11H2,1-2H3/b7-4+. The van der Waals surface area contributed by atoms with Gasteiger partial charge in [-0.3, -0.25) is 0 Å². The smallest absolute Gasteiger partial charge is 0.257 e. The van der Waals surface area contributed by atoms with Crippen molar-refractivity contribution >= 4 is 5.57 Å². The maximum absolute atomic E-state index is 5.35. The van der Waals surface area contributed by atoms with Crippen LogP contribution in [0.5, 0.6) is 0 Å². The SMILES string of the molecule is C=C(/C=C/C)c1nc(C2(c3ccccc3C)CC2)no1. The number of aryl methyl sites for hydroxylation is 1. The van der Waals surface area contributed by atoms with Gasteiger partial charge in [-0.1, -0.05) is 48.2 Å². The summed E-state index contributed by atoms with van der Waals surface area (Å²) in [7, 11) is 0.